The second-order valence-corrected chi connectivity index (χ2v) is 7.77. The first-order valence-electron chi connectivity index (χ1n) is 9.47. The summed E-state index contributed by atoms with van der Waals surface area (Å²) >= 11 is 0. The van der Waals surface area contributed by atoms with Crippen molar-refractivity contribution >= 4 is 23.0 Å². The van der Waals surface area contributed by atoms with Gasteiger partial charge in [0, 0.05) is 25.5 Å². The monoisotopic (exact) mass is 394 g/mol. The molecule has 0 bridgehead atoms. The number of hydrogen-bond acceptors (Lipinski definition) is 4. The highest BCUT2D eigenvalue weighted by atomic mass is 16.5. The van der Waals surface area contributed by atoms with E-state index in [-0.39, 0.29) is 28.7 Å². The Balaban J connectivity index is 1.85. The molecule has 2 aromatic heterocycles. The Morgan fingerprint density at radius 1 is 1.07 bits per heavy atom. The predicted octanol–water partition coefficient (Wildman–Crippen LogP) is 3.26. The lowest BCUT2D eigenvalue weighted by molar-refractivity contribution is 0.0926. The standard InChI is InChI=1S/C22H26N4O3/c1-22(2,3)15-8-10-16(11-9-15)24-20(27)18-17-7-5-6-13-26(17)19(25-18)21(28)23-12-14-29-4/h5-11,13H,12,14H2,1-4H3,(H,23,28)(H,24,27). The summed E-state index contributed by atoms with van der Waals surface area (Å²) in [5, 5.41) is 5.60. The maximum absolute atomic E-state index is 12.9. The van der Waals surface area contributed by atoms with Crippen LogP contribution in [-0.4, -0.2) is 41.5 Å². The molecule has 0 fully saturated rings. The highest BCUT2D eigenvalue weighted by molar-refractivity contribution is 6.08. The average Bonchev–Trinajstić information content (AvgIpc) is 3.08. The molecule has 0 saturated heterocycles. The smallest absolute Gasteiger partial charge is 0.287 e. The van der Waals surface area contributed by atoms with Crippen molar-refractivity contribution in [2.24, 2.45) is 0 Å². The number of amides is 2. The highest BCUT2D eigenvalue weighted by Gasteiger charge is 2.21. The molecule has 0 unspecified atom stereocenters. The van der Waals surface area contributed by atoms with E-state index < -0.39 is 0 Å². The number of pyridine rings is 1. The maximum atomic E-state index is 12.9. The molecule has 0 aliphatic carbocycles. The molecular weight excluding hydrogens is 368 g/mol. The molecule has 3 rings (SSSR count). The zero-order chi connectivity index (χ0) is 21.0. The first kappa shape index (κ1) is 20.5. The largest absolute Gasteiger partial charge is 0.383 e. The number of rotatable bonds is 6. The fourth-order valence-electron chi connectivity index (χ4n) is 2.95. The number of ether oxygens (including phenoxy) is 1. The lowest BCUT2D eigenvalue weighted by Gasteiger charge is -2.19. The van der Waals surface area contributed by atoms with Gasteiger partial charge in [-0.05, 0) is 35.2 Å². The Kier molecular flexibility index (Phi) is 5.98. The van der Waals surface area contributed by atoms with Crippen LogP contribution >= 0.6 is 0 Å². The summed E-state index contributed by atoms with van der Waals surface area (Å²) in [7, 11) is 1.56. The Morgan fingerprint density at radius 2 is 1.79 bits per heavy atom. The minimum Gasteiger partial charge on any atom is -0.383 e. The van der Waals surface area contributed by atoms with Gasteiger partial charge in [0.25, 0.3) is 11.8 Å². The molecule has 2 N–H and O–H groups in total. The number of aromatic nitrogens is 2. The van der Waals surface area contributed by atoms with Gasteiger partial charge in [0.15, 0.2) is 5.69 Å². The van der Waals surface area contributed by atoms with Gasteiger partial charge >= 0.3 is 0 Å². The van der Waals surface area contributed by atoms with Crippen LogP contribution in [0.15, 0.2) is 48.7 Å². The average molecular weight is 394 g/mol. The van der Waals surface area contributed by atoms with Gasteiger partial charge in [-0.1, -0.05) is 39.0 Å². The van der Waals surface area contributed by atoms with Crippen molar-refractivity contribution in [2.75, 3.05) is 25.6 Å². The molecule has 1 aromatic carbocycles. The third-order valence-electron chi connectivity index (χ3n) is 4.57. The second-order valence-electron chi connectivity index (χ2n) is 7.77. The molecule has 0 radical (unpaired) electrons. The fourth-order valence-corrected chi connectivity index (χ4v) is 2.95. The molecule has 0 saturated carbocycles. The van der Waals surface area contributed by atoms with E-state index in [2.05, 4.69) is 36.4 Å². The van der Waals surface area contributed by atoms with E-state index >= 15 is 0 Å². The van der Waals surface area contributed by atoms with Crippen LogP contribution in [0.5, 0.6) is 0 Å². The molecule has 152 valence electrons. The number of carbonyl (C=O) groups is 2. The van der Waals surface area contributed by atoms with Crippen LogP contribution < -0.4 is 10.6 Å². The van der Waals surface area contributed by atoms with Crippen molar-refractivity contribution in [2.45, 2.75) is 26.2 Å². The summed E-state index contributed by atoms with van der Waals surface area (Å²) in [4.78, 5) is 29.7. The first-order valence-corrected chi connectivity index (χ1v) is 9.47. The quantitative estimate of drug-likeness (QED) is 0.629. The van der Waals surface area contributed by atoms with Gasteiger partial charge in [0.1, 0.15) is 0 Å². The second kappa shape index (κ2) is 8.45. The molecule has 2 amide bonds. The van der Waals surface area contributed by atoms with Crippen LogP contribution in [0.2, 0.25) is 0 Å². The van der Waals surface area contributed by atoms with Gasteiger partial charge in [-0.15, -0.1) is 0 Å². The highest BCUT2D eigenvalue weighted by Crippen LogP contribution is 2.24. The van der Waals surface area contributed by atoms with Crippen molar-refractivity contribution in [1.82, 2.24) is 14.7 Å². The number of imidazole rings is 1. The van der Waals surface area contributed by atoms with E-state index in [4.69, 9.17) is 4.74 Å². The van der Waals surface area contributed by atoms with E-state index in [1.165, 1.54) is 5.56 Å². The van der Waals surface area contributed by atoms with Gasteiger partial charge in [-0.3, -0.25) is 14.0 Å². The Bertz CT molecular complexity index is 1020. The van der Waals surface area contributed by atoms with E-state index in [0.29, 0.717) is 24.4 Å². The Morgan fingerprint density at radius 3 is 2.45 bits per heavy atom. The molecule has 0 atom stereocenters. The van der Waals surface area contributed by atoms with Crippen molar-refractivity contribution < 1.29 is 14.3 Å². The van der Waals surface area contributed by atoms with Gasteiger partial charge < -0.3 is 15.4 Å². The number of nitrogens with zero attached hydrogens (tertiary/aromatic N) is 2. The molecule has 2 heterocycles. The summed E-state index contributed by atoms with van der Waals surface area (Å²) in [6.07, 6.45) is 1.71. The van der Waals surface area contributed by atoms with Crippen LogP contribution in [0.3, 0.4) is 0 Å². The lowest BCUT2D eigenvalue weighted by atomic mass is 9.87. The SMILES string of the molecule is COCCNC(=O)c1nc(C(=O)Nc2ccc(C(C)(C)C)cc2)c2ccccn12. The number of hydrogen-bond donors (Lipinski definition) is 2. The third-order valence-corrected chi connectivity index (χ3v) is 4.57. The zero-order valence-corrected chi connectivity index (χ0v) is 17.2. The number of benzene rings is 1. The number of fused-ring (bicyclic) bond motifs is 1. The van der Waals surface area contributed by atoms with Crippen LogP contribution in [0.1, 0.15) is 47.4 Å². The number of nitrogens with one attached hydrogen (secondary N) is 2. The summed E-state index contributed by atoms with van der Waals surface area (Å²) in [5.41, 5.74) is 2.65. The van der Waals surface area contributed by atoms with E-state index in [9.17, 15) is 9.59 Å². The van der Waals surface area contributed by atoms with Gasteiger partial charge in [0.2, 0.25) is 5.82 Å². The topological polar surface area (TPSA) is 84.7 Å². The minimum absolute atomic E-state index is 0.0354. The molecule has 7 heteroatoms. The maximum Gasteiger partial charge on any atom is 0.287 e. The summed E-state index contributed by atoms with van der Waals surface area (Å²) < 4.78 is 6.56. The van der Waals surface area contributed by atoms with E-state index in [0.717, 1.165) is 0 Å². The molecule has 0 aliphatic heterocycles. The van der Waals surface area contributed by atoms with Crippen LogP contribution in [0, 0.1) is 0 Å². The third kappa shape index (κ3) is 4.63. The van der Waals surface area contributed by atoms with Crippen molar-refractivity contribution in [3.63, 3.8) is 0 Å². The van der Waals surface area contributed by atoms with Crippen LogP contribution in [-0.2, 0) is 10.2 Å². The Hall–Kier alpha value is -3.19. The van der Waals surface area contributed by atoms with Gasteiger partial charge in [-0.25, -0.2) is 4.98 Å². The fraction of sp³-hybridized carbons (Fsp3) is 0.318. The molecule has 3 aromatic rings. The number of anilines is 1. The van der Waals surface area contributed by atoms with Gasteiger partial charge in [0.05, 0.1) is 12.1 Å². The summed E-state index contributed by atoms with van der Waals surface area (Å²) in [5.74, 6) is -0.574. The molecule has 7 nitrogen and oxygen atoms in total. The van der Waals surface area contributed by atoms with E-state index in [1.54, 1.807) is 35.9 Å². The van der Waals surface area contributed by atoms with Crippen molar-refractivity contribution in [3.8, 4) is 0 Å². The molecular formula is C22H26N4O3. The summed E-state index contributed by atoms with van der Waals surface area (Å²) in [6, 6.07) is 13.1. The number of methoxy groups -OCH3 is 1. The molecule has 0 aliphatic rings. The number of carbonyl (C=O) groups excluding carboxylic acids is 2. The van der Waals surface area contributed by atoms with Gasteiger partial charge in [-0.2, -0.15) is 0 Å². The molecule has 29 heavy (non-hydrogen) atoms. The minimum atomic E-state index is -0.367. The van der Waals surface area contributed by atoms with Crippen molar-refractivity contribution in [1.29, 1.82) is 0 Å². The van der Waals surface area contributed by atoms with E-state index in [1.807, 2.05) is 24.3 Å². The first-order chi connectivity index (χ1) is 13.8. The molecule has 0 spiro atoms. The summed E-state index contributed by atoms with van der Waals surface area (Å²) in [6.45, 7) is 7.16. The lowest BCUT2D eigenvalue weighted by Crippen LogP contribution is -2.28. The predicted molar refractivity (Wildman–Crippen MR) is 112 cm³/mol. The van der Waals surface area contributed by atoms with Crippen molar-refractivity contribution in [3.05, 3.63) is 65.7 Å². The Labute approximate surface area is 170 Å². The van der Waals surface area contributed by atoms with Crippen LogP contribution in [0.25, 0.3) is 5.52 Å². The van der Waals surface area contributed by atoms with Crippen LogP contribution in [0.4, 0.5) is 5.69 Å². The normalized spacial score (nSPS) is 11.4. The zero-order valence-electron chi connectivity index (χ0n) is 17.2.